The summed E-state index contributed by atoms with van der Waals surface area (Å²) in [5.41, 5.74) is 1.84. The summed E-state index contributed by atoms with van der Waals surface area (Å²) in [5, 5.41) is 5.84. The van der Waals surface area contributed by atoms with E-state index in [1.165, 1.54) is 11.8 Å². The van der Waals surface area contributed by atoms with Crippen LogP contribution in [0.3, 0.4) is 0 Å². The average Bonchev–Trinajstić information content (AvgIpc) is 3.17. The summed E-state index contributed by atoms with van der Waals surface area (Å²) in [6.45, 7) is 2.60. The Bertz CT molecular complexity index is 800. The van der Waals surface area contributed by atoms with E-state index in [1.54, 1.807) is 17.5 Å². The van der Waals surface area contributed by atoms with E-state index < -0.39 is 0 Å². The summed E-state index contributed by atoms with van der Waals surface area (Å²) in [5.74, 6) is 1.18. The Balaban J connectivity index is 1.50. The van der Waals surface area contributed by atoms with Crippen LogP contribution in [0.1, 0.15) is 6.92 Å². The van der Waals surface area contributed by atoms with Crippen LogP contribution in [0.2, 0.25) is 0 Å². The average molecular weight is 370 g/mol. The van der Waals surface area contributed by atoms with Gasteiger partial charge in [0.05, 0.1) is 12.4 Å². The summed E-state index contributed by atoms with van der Waals surface area (Å²) >= 11 is 3.09. The van der Waals surface area contributed by atoms with Crippen molar-refractivity contribution in [2.24, 2.45) is 0 Å². The number of hydrogen-bond donors (Lipinski definition) is 1. The Hall–Kier alpha value is -2.31. The molecule has 3 aromatic rings. The zero-order valence-corrected chi connectivity index (χ0v) is 15.4. The Labute approximate surface area is 155 Å². The van der Waals surface area contributed by atoms with E-state index in [0.717, 1.165) is 26.9 Å². The minimum atomic E-state index is -0.0270. The zero-order chi connectivity index (χ0) is 17.5. The second-order valence-electron chi connectivity index (χ2n) is 5.16. The number of rotatable bonds is 7. The molecule has 0 unspecified atom stereocenters. The van der Waals surface area contributed by atoms with E-state index in [1.807, 2.05) is 60.8 Å². The van der Waals surface area contributed by atoms with E-state index in [-0.39, 0.29) is 5.91 Å². The molecule has 128 valence electrons. The van der Waals surface area contributed by atoms with Gasteiger partial charge in [-0.15, -0.1) is 23.1 Å². The molecule has 1 heterocycles. The number of benzene rings is 2. The van der Waals surface area contributed by atoms with Gasteiger partial charge in [-0.2, -0.15) is 0 Å². The van der Waals surface area contributed by atoms with Gasteiger partial charge in [0.1, 0.15) is 10.8 Å². The SMILES string of the molecule is CCOc1ccc(SCC(=O)Nc2ccc(-c3nccs3)cc2)cc1. The van der Waals surface area contributed by atoms with Gasteiger partial charge in [0.2, 0.25) is 5.91 Å². The van der Waals surface area contributed by atoms with Crippen LogP contribution in [-0.4, -0.2) is 23.3 Å². The molecule has 0 bridgehead atoms. The molecule has 1 N–H and O–H groups in total. The molecular formula is C19H18N2O2S2. The molecule has 0 spiro atoms. The molecule has 0 aliphatic rings. The lowest BCUT2D eigenvalue weighted by Crippen LogP contribution is -2.13. The highest BCUT2D eigenvalue weighted by atomic mass is 32.2. The molecule has 4 nitrogen and oxygen atoms in total. The highest BCUT2D eigenvalue weighted by Gasteiger charge is 2.05. The second-order valence-corrected chi connectivity index (χ2v) is 7.10. The molecule has 3 rings (SSSR count). The molecule has 0 radical (unpaired) electrons. The van der Waals surface area contributed by atoms with Crippen molar-refractivity contribution in [1.82, 2.24) is 4.98 Å². The summed E-state index contributed by atoms with van der Waals surface area (Å²) in [4.78, 5) is 17.4. The first-order chi connectivity index (χ1) is 12.2. The number of anilines is 1. The zero-order valence-electron chi connectivity index (χ0n) is 13.8. The van der Waals surface area contributed by atoms with Crippen molar-refractivity contribution in [3.05, 3.63) is 60.1 Å². The van der Waals surface area contributed by atoms with Gasteiger partial charge in [0, 0.05) is 27.7 Å². The third-order valence-electron chi connectivity index (χ3n) is 3.35. The topological polar surface area (TPSA) is 51.2 Å². The van der Waals surface area contributed by atoms with Crippen LogP contribution in [0.15, 0.2) is 65.0 Å². The van der Waals surface area contributed by atoms with E-state index >= 15 is 0 Å². The number of aromatic nitrogens is 1. The number of amides is 1. The standard InChI is InChI=1S/C19H18N2O2S2/c1-2-23-16-7-9-17(10-8-16)25-13-18(22)21-15-5-3-14(4-6-15)19-20-11-12-24-19/h3-12H,2,13H2,1H3,(H,21,22). The minimum Gasteiger partial charge on any atom is -0.494 e. The van der Waals surface area contributed by atoms with Crippen LogP contribution in [0.4, 0.5) is 5.69 Å². The van der Waals surface area contributed by atoms with Gasteiger partial charge in [-0.25, -0.2) is 4.98 Å². The third-order valence-corrected chi connectivity index (χ3v) is 5.19. The third kappa shape index (κ3) is 5.08. The lowest BCUT2D eigenvalue weighted by molar-refractivity contribution is -0.113. The summed E-state index contributed by atoms with van der Waals surface area (Å²) in [6.07, 6.45) is 1.79. The molecule has 0 saturated carbocycles. The number of hydrogen-bond acceptors (Lipinski definition) is 5. The Morgan fingerprint density at radius 3 is 2.56 bits per heavy atom. The van der Waals surface area contributed by atoms with Crippen LogP contribution in [-0.2, 0) is 4.79 Å². The molecule has 1 aromatic heterocycles. The molecule has 1 amide bonds. The van der Waals surface area contributed by atoms with E-state index in [9.17, 15) is 4.79 Å². The molecule has 25 heavy (non-hydrogen) atoms. The predicted molar refractivity (Wildman–Crippen MR) is 105 cm³/mol. The van der Waals surface area contributed by atoms with Gasteiger partial charge < -0.3 is 10.1 Å². The van der Waals surface area contributed by atoms with Crippen molar-refractivity contribution in [2.75, 3.05) is 17.7 Å². The Morgan fingerprint density at radius 2 is 1.92 bits per heavy atom. The minimum absolute atomic E-state index is 0.0270. The summed E-state index contributed by atoms with van der Waals surface area (Å²) < 4.78 is 5.41. The van der Waals surface area contributed by atoms with Gasteiger partial charge >= 0.3 is 0 Å². The van der Waals surface area contributed by atoms with Crippen molar-refractivity contribution >= 4 is 34.7 Å². The smallest absolute Gasteiger partial charge is 0.234 e. The van der Waals surface area contributed by atoms with Crippen molar-refractivity contribution in [3.63, 3.8) is 0 Å². The van der Waals surface area contributed by atoms with Crippen LogP contribution < -0.4 is 10.1 Å². The van der Waals surface area contributed by atoms with Gasteiger partial charge in [-0.05, 0) is 55.5 Å². The normalized spacial score (nSPS) is 10.4. The first-order valence-corrected chi connectivity index (χ1v) is 9.76. The lowest BCUT2D eigenvalue weighted by Gasteiger charge is -2.07. The highest BCUT2D eigenvalue weighted by molar-refractivity contribution is 8.00. The summed E-state index contributed by atoms with van der Waals surface area (Å²) in [6, 6.07) is 15.5. The number of nitrogens with one attached hydrogen (secondary N) is 1. The monoisotopic (exact) mass is 370 g/mol. The molecule has 0 atom stereocenters. The van der Waals surface area contributed by atoms with Crippen LogP contribution in [0, 0.1) is 0 Å². The fourth-order valence-corrected chi connectivity index (χ4v) is 3.55. The number of thioether (sulfide) groups is 1. The predicted octanol–water partition coefficient (Wildman–Crippen LogP) is 4.94. The van der Waals surface area contributed by atoms with E-state index in [2.05, 4.69) is 10.3 Å². The number of carbonyl (C=O) groups excluding carboxylic acids is 1. The van der Waals surface area contributed by atoms with Crippen LogP contribution in [0.5, 0.6) is 5.75 Å². The van der Waals surface area contributed by atoms with E-state index in [0.29, 0.717) is 12.4 Å². The maximum atomic E-state index is 12.1. The van der Waals surface area contributed by atoms with Gasteiger partial charge in [-0.1, -0.05) is 0 Å². The Kier molecular flexibility index (Phi) is 6.09. The Morgan fingerprint density at radius 1 is 1.16 bits per heavy atom. The molecule has 0 aliphatic heterocycles. The quantitative estimate of drug-likeness (QED) is 0.599. The molecule has 0 saturated heterocycles. The fourth-order valence-electron chi connectivity index (χ4n) is 2.21. The van der Waals surface area contributed by atoms with Crippen molar-refractivity contribution in [1.29, 1.82) is 0 Å². The largest absolute Gasteiger partial charge is 0.494 e. The number of thiazole rings is 1. The molecular weight excluding hydrogens is 352 g/mol. The lowest BCUT2D eigenvalue weighted by atomic mass is 10.2. The number of nitrogens with zero attached hydrogens (tertiary/aromatic N) is 1. The fraction of sp³-hybridized carbons (Fsp3) is 0.158. The van der Waals surface area contributed by atoms with Crippen molar-refractivity contribution in [2.45, 2.75) is 11.8 Å². The maximum absolute atomic E-state index is 12.1. The molecule has 0 fully saturated rings. The highest BCUT2D eigenvalue weighted by Crippen LogP contribution is 2.24. The first kappa shape index (κ1) is 17.5. The summed E-state index contributed by atoms with van der Waals surface area (Å²) in [7, 11) is 0. The second kappa shape index (κ2) is 8.69. The molecule has 2 aromatic carbocycles. The van der Waals surface area contributed by atoms with Gasteiger partial charge in [-0.3, -0.25) is 4.79 Å². The number of carbonyl (C=O) groups is 1. The maximum Gasteiger partial charge on any atom is 0.234 e. The number of ether oxygens (including phenoxy) is 1. The van der Waals surface area contributed by atoms with Crippen LogP contribution in [0.25, 0.3) is 10.6 Å². The van der Waals surface area contributed by atoms with Crippen LogP contribution >= 0.6 is 23.1 Å². The van der Waals surface area contributed by atoms with Crippen molar-refractivity contribution in [3.8, 4) is 16.3 Å². The molecule has 6 heteroatoms. The first-order valence-electron chi connectivity index (χ1n) is 7.90. The van der Waals surface area contributed by atoms with Gasteiger partial charge in [0.25, 0.3) is 0 Å². The van der Waals surface area contributed by atoms with Crippen molar-refractivity contribution < 1.29 is 9.53 Å². The molecule has 0 aliphatic carbocycles. The van der Waals surface area contributed by atoms with E-state index in [4.69, 9.17) is 4.74 Å². The van der Waals surface area contributed by atoms with Gasteiger partial charge in [0.15, 0.2) is 0 Å².